The van der Waals surface area contributed by atoms with Crippen LogP contribution in [0.5, 0.6) is 0 Å². The summed E-state index contributed by atoms with van der Waals surface area (Å²) < 4.78 is 5.24. The molecule has 0 radical (unpaired) electrons. The largest absolute Gasteiger partial charge is 0.448 e. The summed E-state index contributed by atoms with van der Waals surface area (Å²) >= 11 is 1.09. The number of hydrogen-bond acceptors (Lipinski definition) is 6. The van der Waals surface area contributed by atoms with Gasteiger partial charge >= 0.3 is 5.97 Å². The van der Waals surface area contributed by atoms with E-state index in [1.165, 1.54) is 6.92 Å². The molecule has 0 aliphatic carbocycles. The Morgan fingerprint density at radius 1 is 1.29 bits per heavy atom. The zero-order valence-corrected chi connectivity index (χ0v) is 15.4. The van der Waals surface area contributed by atoms with E-state index in [-0.39, 0.29) is 16.3 Å². The number of nitrogens with zero attached hydrogens (tertiary/aromatic N) is 1. The Bertz CT molecular complexity index is 861. The summed E-state index contributed by atoms with van der Waals surface area (Å²) in [5.41, 5.74) is -0.193. The minimum absolute atomic E-state index is 0.281. The lowest BCUT2D eigenvalue weighted by molar-refractivity contribution is -0.130. The van der Waals surface area contributed by atoms with Gasteiger partial charge in [-0.25, -0.2) is 9.78 Å². The Hall–Kier alpha value is -2.22. The van der Waals surface area contributed by atoms with Crippen molar-refractivity contribution in [2.45, 2.75) is 53.2 Å². The fraction of sp³-hybridized carbons (Fsp3) is 0.500. The first-order chi connectivity index (χ1) is 11.0. The first-order valence-electron chi connectivity index (χ1n) is 7.52. The van der Waals surface area contributed by atoms with Gasteiger partial charge in [0.2, 0.25) is 0 Å². The van der Waals surface area contributed by atoms with Crippen molar-refractivity contribution >= 4 is 33.4 Å². The molecule has 0 saturated heterocycles. The Kier molecular flexibility index (Phi) is 4.80. The monoisotopic (exact) mass is 351 g/mol. The summed E-state index contributed by atoms with van der Waals surface area (Å²) in [5, 5.41) is 3.13. The van der Waals surface area contributed by atoms with Crippen LogP contribution in [0.1, 0.15) is 48.8 Å². The second kappa shape index (κ2) is 6.35. The van der Waals surface area contributed by atoms with Crippen molar-refractivity contribution in [1.82, 2.24) is 15.3 Å². The van der Waals surface area contributed by atoms with Gasteiger partial charge in [-0.15, -0.1) is 11.3 Å². The second-order valence-corrected chi connectivity index (χ2v) is 7.67. The number of amides is 1. The molecular weight excluding hydrogens is 330 g/mol. The third-order valence-electron chi connectivity index (χ3n) is 3.26. The third kappa shape index (κ3) is 3.81. The topological polar surface area (TPSA) is 101 Å². The van der Waals surface area contributed by atoms with Crippen LogP contribution in [0.2, 0.25) is 0 Å². The Morgan fingerprint density at radius 3 is 2.50 bits per heavy atom. The zero-order chi connectivity index (χ0) is 18.2. The number of esters is 1. The van der Waals surface area contributed by atoms with Gasteiger partial charge in [0, 0.05) is 5.54 Å². The lowest BCUT2D eigenvalue weighted by atomic mass is 10.1. The van der Waals surface area contributed by atoms with Gasteiger partial charge in [0.15, 0.2) is 6.10 Å². The van der Waals surface area contributed by atoms with Crippen molar-refractivity contribution in [2.75, 3.05) is 0 Å². The van der Waals surface area contributed by atoms with E-state index in [0.29, 0.717) is 21.6 Å². The normalized spacial score (nSPS) is 12.9. The summed E-state index contributed by atoms with van der Waals surface area (Å²) in [6, 6.07) is 0. The molecule has 1 atom stereocenters. The molecule has 24 heavy (non-hydrogen) atoms. The van der Waals surface area contributed by atoms with Crippen LogP contribution in [0.4, 0.5) is 0 Å². The number of hydrogen-bond donors (Lipinski definition) is 2. The second-order valence-electron chi connectivity index (χ2n) is 6.67. The average Bonchev–Trinajstić information content (AvgIpc) is 2.73. The van der Waals surface area contributed by atoms with Crippen LogP contribution < -0.4 is 10.9 Å². The Labute approximate surface area is 143 Å². The van der Waals surface area contributed by atoms with Crippen LogP contribution in [0, 0.1) is 13.8 Å². The summed E-state index contributed by atoms with van der Waals surface area (Å²) in [5.74, 6) is -0.530. The van der Waals surface area contributed by atoms with Gasteiger partial charge in [-0.2, -0.15) is 0 Å². The number of carbonyl (C=O) groups excluding carboxylic acids is 2. The van der Waals surface area contributed by atoms with Crippen molar-refractivity contribution in [3.05, 3.63) is 26.6 Å². The van der Waals surface area contributed by atoms with Gasteiger partial charge in [0.25, 0.3) is 11.5 Å². The highest BCUT2D eigenvalue weighted by Crippen LogP contribution is 2.27. The van der Waals surface area contributed by atoms with E-state index < -0.39 is 17.6 Å². The van der Waals surface area contributed by atoms with E-state index >= 15 is 0 Å². The standard InChI is InChI=1S/C16H21N3O4S/c1-7-10-13(21)17-9(3)18-14(10)24-11(7)15(22)23-8(2)12(20)19-16(4,5)6/h8H,1-6H3,(H,19,20)(H,17,18,21)/t8-/m1/s1. The number of H-pyrrole nitrogens is 1. The van der Waals surface area contributed by atoms with E-state index in [4.69, 9.17) is 4.74 Å². The van der Waals surface area contributed by atoms with E-state index in [9.17, 15) is 14.4 Å². The highest BCUT2D eigenvalue weighted by Gasteiger charge is 2.26. The summed E-state index contributed by atoms with van der Waals surface area (Å²) in [6.07, 6.45) is -0.936. The molecule has 0 fully saturated rings. The van der Waals surface area contributed by atoms with E-state index in [1.807, 2.05) is 20.8 Å². The minimum atomic E-state index is -0.936. The average molecular weight is 351 g/mol. The summed E-state index contributed by atoms with van der Waals surface area (Å²) in [6.45, 7) is 10.4. The molecule has 2 heterocycles. The van der Waals surface area contributed by atoms with E-state index in [0.717, 1.165) is 11.3 Å². The maximum Gasteiger partial charge on any atom is 0.349 e. The maximum atomic E-state index is 12.4. The zero-order valence-electron chi connectivity index (χ0n) is 14.6. The van der Waals surface area contributed by atoms with Crippen LogP contribution in [0.25, 0.3) is 10.2 Å². The third-order valence-corrected chi connectivity index (χ3v) is 4.42. The number of carbonyl (C=O) groups is 2. The van der Waals surface area contributed by atoms with E-state index in [2.05, 4.69) is 15.3 Å². The number of nitrogens with one attached hydrogen (secondary N) is 2. The number of aryl methyl sites for hydroxylation is 2. The van der Waals surface area contributed by atoms with Gasteiger partial charge in [0.05, 0.1) is 5.39 Å². The molecule has 2 rings (SSSR count). The quantitative estimate of drug-likeness (QED) is 0.824. The summed E-state index contributed by atoms with van der Waals surface area (Å²) in [4.78, 5) is 44.1. The van der Waals surface area contributed by atoms with Crippen LogP contribution in [0.15, 0.2) is 4.79 Å². The van der Waals surface area contributed by atoms with Crippen molar-refractivity contribution < 1.29 is 14.3 Å². The lowest BCUT2D eigenvalue weighted by Crippen LogP contribution is -2.46. The van der Waals surface area contributed by atoms with Gasteiger partial charge in [-0.1, -0.05) is 0 Å². The predicted molar refractivity (Wildman–Crippen MR) is 92.5 cm³/mol. The van der Waals surface area contributed by atoms with Gasteiger partial charge in [-0.05, 0) is 47.1 Å². The number of ether oxygens (including phenoxy) is 1. The molecule has 8 heteroatoms. The van der Waals surface area contributed by atoms with Crippen molar-refractivity contribution in [1.29, 1.82) is 0 Å². The molecular formula is C16H21N3O4S. The van der Waals surface area contributed by atoms with Crippen LogP contribution >= 0.6 is 11.3 Å². The molecule has 0 spiro atoms. The SMILES string of the molecule is Cc1nc2sc(C(=O)O[C@H](C)C(=O)NC(C)(C)C)c(C)c2c(=O)[nH]1. The number of thiophene rings is 1. The van der Waals surface area contributed by atoms with Crippen LogP contribution in [-0.4, -0.2) is 33.5 Å². The molecule has 1 amide bonds. The molecule has 0 saturated carbocycles. The molecule has 7 nitrogen and oxygen atoms in total. The molecule has 2 aromatic heterocycles. The molecule has 0 aromatic carbocycles. The Balaban J connectivity index is 2.26. The first kappa shape index (κ1) is 18.1. The molecule has 0 aliphatic rings. The molecule has 130 valence electrons. The van der Waals surface area contributed by atoms with E-state index in [1.54, 1.807) is 13.8 Å². The predicted octanol–water partition coefficient (Wildman–Crippen LogP) is 2.06. The minimum Gasteiger partial charge on any atom is -0.448 e. The van der Waals surface area contributed by atoms with Crippen molar-refractivity contribution in [3.8, 4) is 0 Å². The van der Waals surface area contributed by atoms with Crippen LogP contribution in [-0.2, 0) is 9.53 Å². The fourth-order valence-corrected chi connectivity index (χ4v) is 3.30. The molecule has 0 bridgehead atoms. The van der Waals surface area contributed by atoms with Crippen molar-refractivity contribution in [2.24, 2.45) is 0 Å². The van der Waals surface area contributed by atoms with Gasteiger partial charge in [0.1, 0.15) is 15.5 Å². The smallest absolute Gasteiger partial charge is 0.349 e. The first-order valence-corrected chi connectivity index (χ1v) is 8.34. The molecule has 0 aliphatic heterocycles. The number of fused-ring (bicyclic) bond motifs is 1. The van der Waals surface area contributed by atoms with Crippen molar-refractivity contribution in [3.63, 3.8) is 0 Å². The number of rotatable bonds is 3. The Morgan fingerprint density at radius 2 is 1.92 bits per heavy atom. The molecule has 0 unspecified atom stereocenters. The molecule has 2 N–H and O–H groups in total. The number of aromatic amines is 1. The van der Waals surface area contributed by atoms with Gasteiger partial charge in [-0.3, -0.25) is 9.59 Å². The van der Waals surface area contributed by atoms with Gasteiger partial charge < -0.3 is 15.0 Å². The lowest BCUT2D eigenvalue weighted by Gasteiger charge is -2.23. The fourth-order valence-electron chi connectivity index (χ4n) is 2.18. The number of aromatic nitrogens is 2. The van der Waals surface area contributed by atoms with Crippen LogP contribution in [0.3, 0.4) is 0 Å². The maximum absolute atomic E-state index is 12.4. The highest BCUT2D eigenvalue weighted by molar-refractivity contribution is 7.20. The highest BCUT2D eigenvalue weighted by atomic mass is 32.1. The molecule has 2 aromatic rings. The summed E-state index contributed by atoms with van der Waals surface area (Å²) in [7, 11) is 0.